The van der Waals surface area contributed by atoms with E-state index >= 15 is 0 Å². The Hall–Kier alpha value is -3.88. The Kier molecular flexibility index (Phi) is 5.57. The van der Waals surface area contributed by atoms with Gasteiger partial charge in [-0.3, -0.25) is 14.4 Å². The Morgan fingerprint density at radius 3 is 2.26 bits per heavy atom. The summed E-state index contributed by atoms with van der Waals surface area (Å²) < 4.78 is 0. The van der Waals surface area contributed by atoms with E-state index in [0.717, 1.165) is 0 Å². The molecule has 4 rings (SSSR count). The molecule has 1 fully saturated rings. The number of carbonyl (C=O) groups excluding carboxylic acids is 3. The van der Waals surface area contributed by atoms with E-state index in [1.165, 1.54) is 9.70 Å². The van der Waals surface area contributed by atoms with Crippen molar-refractivity contribution in [2.45, 2.75) is 13.0 Å². The standard InChI is InChI=1S/C22H22N6O3/c1-15-14-27(21(30)18-6-4-3-5-7-18)12-13-28(15)22(31)19(29)16-8-10-17(11-9-16)20-23-25-26(2)24-20/h3-11,15H,12-14H2,1-2H3. The van der Waals surface area contributed by atoms with Crippen molar-refractivity contribution in [3.05, 3.63) is 65.7 Å². The molecule has 9 nitrogen and oxygen atoms in total. The highest BCUT2D eigenvalue weighted by Gasteiger charge is 2.33. The Morgan fingerprint density at radius 1 is 0.935 bits per heavy atom. The number of hydrogen-bond donors (Lipinski definition) is 0. The van der Waals surface area contributed by atoms with E-state index in [4.69, 9.17) is 0 Å². The largest absolute Gasteiger partial charge is 0.335 e. The third kappa shape index (κ3) is 4.20. The maximum atomic E-state index is 12.8. The van der Waals surface area contributed by atoms with Crippen LogP contribution < -0.4 is 0 Å². The van der Waals surface area contributed by atoms with Gasteiger partial charge >= 0.3 is 0 Å². The molecule has 1 unspecified atom stereocenters. The first kappa shape index (κ1) is 20.4. The van der Waals surface area contributed by atoms with Crippen LogP contribution in [0, 0.1) is 0 Å². The van der Waals surface area contributed by atoms with Gasteiger partial charge in [0, 0.05) is 42.4 Å². The number of Topliss-reactive ketones (excluding diaryl/α,β-unsaturated/α-hetero) is 1. The molecule has 1 aliphatic rings. The Morgan fingerprint density at radius 2 is 1.65 bits per heavy atom. The number of aromatic nitrogens is 4. The number of aryl methyl sites for hydroxylation is 1. The van der Waals surface area contributed by atoms with E-state index < -0.39 is 11.7 Å². The number of nitrogens with zero attached hydrogens (tertiary/aromatic N) is 6. The van der Waals surface area contributed by atoms with Gasteiger partial charge in [-0.05, 0) is 24.3 Å². The number of piperazine rings is 1. The lowest BCUT2D eigenvalue weighted by atomic mass is 10.0. The van der Waals surface area contributed by atoms with Gasteiger partial charge in [0.2, 0.25) is 11.6 Å². The highest BCUT2D eigenvalue weighted by Crippen LogP contribution is 2.18. The summed E-state index contributed by atoms with van der Waals surface area (Å²) in [6, 6.07) is 15.3. The predicted molar refractivity (Wildman–Crippen MR) is 112 cm³/mol. The van der Waals surface area contributed by atoms with Gasteiger partial charge in [-0.25, -0.2) is 0 Å². The van der Waals surface area contributed by atoms with E-state index in [1.54, 1.807) is 48.3 Å². The van der Waals surface area contributed by atoms with Crippen molar-refractivity contribution in [3.8, 4) is 11.4 Å². The maximum absolute atomic E-state index is 12.8. The summed E-state index contributed by atoms with van der Waals surface area (Å²) in [6.07, 6.45) is 0. The summed E-state index contributed by atoms with van der Waals surface area (Å²) in [7, 11) is 1.67. The third-order valence-electron chi connectivity index (χ3n) is 5.30. The molecule has 9 heteroatoms. The molecule has 0 N–H and O–H groups in total. The smallest absolute Gasteiger partial charge is 0.295 e. The van der Waals surface area contributed by atoms with Gasteiger partial charge in [-0.1, -0.05) is 42.5 Å². The van der Waals surface area contributed by atoms with Crippen molar-refractivity contribution in [2.24, 2.45) is 7.05 Å². The van der Waals surface area contributed by atoms with Crippen molar-refractivity contribution >= 4 is 17.6 Å². The molecule has 1 aliphatic heterocycles. The second-order valence-corrected chi connectivity index (χ2v) is 7.47. The summed E-state index contributed by atoms with van der Waals surface area (Å²) in [5.41, 5.74) is 1.62. The molecule has 0 bridgehead atoms. The van der Waals surface area contributed by atoms with Crippen LogP contribution in [0.25, 0.3) is 11.4 Å². The molecule has 2 amide bonds. The van der Waals surface area contributed by atoms with Crippen LogP contribution in [0.5, 0.6) is 0 Å². The molecular formula is C22H22N6O3. The third-order valence-corrected chi connectivity index (χ3v) is 5.30. The summed E-state index contributed by atoms with van der Waals surface area (Å²) in [5, 5.41) is 11.8. The molecule has 3 aromatic rings. The van der Waals surface area contributed by atoms with Crippen molar-refractivity contribution < 1.29 is 14.4 Å². The Labute approximate surface area is 179 Å². The molecule has 2 aromatic carbocycles. The topological polar surface area (TPSA) is 101 Å². The van der Waals surface area contributed by atoms with Crippen LogP contribution in [0.4, 0.5) is 0 Å². The number of rotatable bonds is 4. The normalized spacial score (nSPS) is 16.3. The Balaban J connectivity index is 1.41. The van der Waals surface area contributed by atoms with Gasteiger partial charge < -0.3 is 9.80 Å². The van der Waals surface area contributed by atoms with Crippen molar-refractivity contribution in [3.63, 3.8) is 0 Å². The van der Waals surface area contributed by atoms with Crippen molar-refractivity contribution in [1.29, 1.82) is 0 Å². The number of tetrazole rings is 1. The van der Waals surface area contributed by atoms with E-state index in [1.807, 2.05) is 25.1 Å². The Bertz CT molecular complexity index is 1110. The minimum absolute atomic E-state index is 0.0703. The van der Waals surface area contributed by atoms with Crippen LogP contribution in [0.2, 0.25) is 0 Å². The quantitative estimate of drug-likeness (QED) is 0.469. The molecule has 158 valence electrons. The number of benzene rings is 2. The molecule has 2 heterocycles. The van der Waals surface area contributed by atoms with Crippen LogP contribution in [0.1, 0.15) is 27.6 Å². The van der Waals surface area contributed by atoms with Crippen molar-refractivity contribution in [2.75, 3.05) is 19.6 Å². The SMILES string of the molecule is CC1CN(C(=O)c2ccccc2)CCN1C(=O)C(=O)c1ccc(-c2nnn(C)n2)cc1. The highest BCUT2D eigenvalue weighted by atomic mass is 16.2. The van der Waals surface area contributed by atoms with Gasteiger partial charge in [0.25, 0.3) is 11.8 Å². The van der Waals surface area contributed by atoms with E-state index in [9.17, 15) is 14.4 Å². The number of amides is 2. The molecule has 1 atom stereocenters. The van der Waals surface area contributed by atoms with Gasteiger partial charge in [0.1, 0.15) is 0 Å². The van der Waals surface area contributed by atoms with Crippen LogP contribution in [-0.2, 0) is 11.8 Å². The summed E-state index contributed by atoms with van der Waals surface area (Å²) >= 11 is 0. The molecule has 0 saturated carbocycles. The zero-order valence-corrected chi connectivity index (χ0v) is 17.3. The summed E-state index contributed by atoms with van der Waals surface area (Å²) in [6.45, 7) is 2.92. The zero-order chi connectivity index (χ0) is 22.0. The second-order valence-electron chi connectivity index (χ2n) is 7.47. The fraction of sp³-hybridized carbons (Fsp3) is 0.273. The van der Waals surface area contributed by atoms with E-state index in [0.29, 0.717) is 42.1 Å². The number of ketones is 1. The molecule has 0 radical (unpaired) electrons. The second kappa shape index (κ2) is 8.47. The number of carbonyl (C=O) groups is 3. The average Bonchev–Trinajstić information content (AvgIpc) is 3.24. The maximum Gasteiger partial charge on any atom is 0.295 e. The van der Waals surface area contributed by atoms with E-state index in [-0.39, 0.29) is 11.9 Å². The van der Waals surface area contributed by atoms with Gasteiger partial charge in [-0.15, -0.1) is 10.2 Å². The fourth-order valence-electron chi connectivity index (χ4n) is 3.63. The lowest BCUT2D eigenvalue weighted by Gasteiger charge is -2.39. The zero-order valence-electron chi connectivity index (χ0n) is 17.3. The molecule has 1 aromatic heterocycles. The summed E-state index contributed by atoms with van der Waals surface area (Å²) in [5.74, 6) is -0.766. The first-order chi connectivity index (χ1) is 14.9. The van der Waals surface area contributed by atoms with Crippen molar-refractivity contribution in [1.82, 2.24) is 30.0 Å². The molecule has 0 aliphatic carbocycles. The number of hydrogen-bond acceptors (Lipinski definition) is 6. The lowest BCUT2D eigenvalue weighted by Crippen LogP contribution is -2.56. The van der Waals surface area contributed by atoms with E-state index in [2.05, 4.69) is 15.4 Å². The first-order valence-corrected chi connectivity index (χ1v) is 9.98. The highest BCUT2D eigenvalue weighted by molar-refractivity contribution is 6.42. The van der Waals surface area contributed by atoms with Crippen LogP contribution in [0.15, 0.2) is 54.6 Å². The molecule has 1 saturated heterocycles. The summed E-state index contributed by atoms with van der Waals surface area (Å²) in [4.78, 5) is 42.9. The molecular weight excluding hydrogens is 396 g/mol. The minimum Gasteiger partial charge on any atom is -0.335 e. The van der Waals surface area contributed by atoms with Gasteiger partial charge in [0.05, 0.1) is 7.05 Å². The fourth-order valence-corrected chi connectivity index (χ4v) is 3.63. The predicted octanol–water partition coefficient (Wildman–Crippen LogP) is 1.43. The van der Waals surface area contributed by atoms with Crippen LogP contribution in [-0.4, -0.2) is 73.3 Å². The monoisotopic (exact) mass is 418 g/mol. The van der Waals surface area contributed by atoms with Gasteiger partial charge in [0.15, 0.2) is 0 Å². The van der Waals surface area contributed by atoms with Gasteiger partial charge in [-0.2, -0.15) is 4.80 Å². The van der Waals surface area contributed by atoms with Crippen LogP contribution >= 0.6 is 0 Å². The first-order valence-electron chi connectivity index (χ1n) is 9.98. The minimum atomic E-state index is -0.576. The molecule has 0 spiro atoms. The molecule has 31 heavy (non-hydrogen) atoms. The average molecular weight is 418 g/mol. The van der Waals surface area contributed by atoms with Crippen LogP contribution in [0.3, 0.4) is 0 Å². The lowest BCUT2D eigenvalue weighted by molar-refractivity contribution is -0.130.